The lowest BCUT2D eigenvalue weighted by atomic mass is 9.75. The lowest BCUT2D eigenvalue weighted by Gasteiger charge is -2.36. The van der Waals surface area contributed by atoms with Crippen LogP contribution in [0.15, 0.2) is 42.5 Å². The highest BCUT2D eigenvalue weighted by molar-refractivity contribution is 6.26. The summed E-state index contributed by atoms with van der Waals surface area (Å²) in [6.45, 7) is 4.70. The maximum absolute atomic E-state index is 14.0. The van der Waals surface area contributed by atoms with Crippen molar-refractivity contribution in [1.82, 2.24) is 4.90 Å². The molecule has 4 aliphatic rings. The van der Waals surface area contributed by atoms with Crippen LogP contribution >= 0.6 is 0 Å². The number of benzene rings is 2. The van der Waals surface area contributed by atoms with E-state index in [1.54, 1.807) is 31.2 Å². The molecular weight excluding hydrogens is 446 g/mol. The van der Waals surface area contributed by atoms with Gasteiger partial charge in [-0.3, -0.25) is 19.3 Å². The van der Waals surface area contributed by atoms with Crippen LogP contribution in [0.5, 0.6) is 0 Å². The van der Waals surface area contributed by atoms with Crippen LogP contribution < -0.4 is 10.2 Å². The summed E-state index contributed by atoms with van der Waals surface area (Å²) in [6.07, 6.45) is 2.40. The Morgan fingerprint density at radius 2 is 1.86 bits per heavy atom. The van der Waals surface area contributed by atoms with Crippen molar-refractivity contribution in [2.75, 3.05) is 23.4 Å². The molecule has 3 saturated heterocycles. The summed E-state index contributed by atoms with van der Waals surface area (Å²) in [4.78, 5) is 57.0. The normalized spacial score (nSPS) is 28.9. The Balaban J connectivity index is 1.45. The van der Waals surface area contributed by atoms with Crippen LogP contribution in [0.1, 0.15) is 48.2 Å². The van der Waals surface area contributed by atoms with E-state index in [2.05, 4.69) is 10.2 Å². The minimum Gasteiger partial charge on any atom is -0.462 e. The SMILES string of the molecule is CCOC(=O)c1ccc(N2C(=O)[C@@H]3[C@@H]4CCCN4[C@@]4(C(=O)Nc5c(CC)cccc54)[C@H]3C2=O)cc1. The smallest absolute Gasteiger partial charge is 0.338 e. The zero-order valence-corrected chi connectivity index (χ0v) is 19.7. The maximum atomic E-state index is 14.0. The second kappa shape index (κ2) is 7.75. The van der Waals surface area contributed by atoms with E-state index in [0.717, 1.165) is 36.1 Å². The Hall–Kier alpha value is -3.52. The molecule has 1 N–H and O–H groups in total. The zero-order chi connectivity index (χ0) is 24.5. The highest BCUT2D eigenvalue weighted by atomic mass is 16.5. The van der Waals surface area contributed by atoms with E-state index in [1.165, 1.54) is 4.90 Å². The first-order valence-electron chi connectivity index (χ1n) is 12.3. The third-order valence-electron chi connectivity index (χ3n) is 8.13. The molecule has 180 valence electrons. The number of anilines is 2. The van der Waals surface area contributed by atoms with Gasteiger partial charge in [0.1, 0.15) is 5.54 Å². The highest BCUT2D eigenvalue weighted by Crippen LogP contribution is 2.61. The number of hydrogen-bond acceptors (Lipinski definition) is 6. The van der Waals surface area contributed by atoms with Gasteiger partial charge in [-0.25, -0.2) is 9.69 Å². The van der Waals surface area contributed by atoms with E-state index in [1.807, 2.05) is 25.1 Å². The minimum atomic E-state index is -1.18. The lowest BCUT2D eigenvalue weighted by molar-refractivity contribution is -0.135. The first kappa shape index (κ1) is 22.0. The van der Waals surface area contributed by atoms with Gasteiger partial charge >= 0.3 is 5.97 Å². The van der Waals surface area contributed by atoms with E-state index in [0.29, 0.717) is 17.8 Å². The first-order chi connectivity index (χ1) is 16.9. The molecular formula is C27H27N3O5. The molecule has 3 amide bonds. The molecule has 8 heteroatoms. The average Bonchev–Trinajstić information content (AvgIpc) is 3.57. The summed E-state index contributed by atoms with van der Waals surface area (Å²) in [5.41, 5.74) is 2.19. The molecule has 2 aromatic rings. The molecule has 0 aromatic heterocycles. The van der Waals surface area contributed by atoms with Gasteiger partial charge in [0.25, 0.3) is 0 Å². The summed E-state index contributed by atoms with van der Waals surface area (Å²) >= 11 is 0. The number of imide groups is 1. The van der Waals surface area contributed by atoms with Crippen LogP contribution in [0.3, 0.4) is 0 Å². The van der Waals surface area contributed by atoms with E-state index < -0.39 is 23.3 Å². The molecule has 2 aromatic carbocycles. The van der Waals surface area contributed by atoms with Gasteiger partial charge in [0, 0.05) is 17.3 Å². The van der Waals surface area contributed by atoms with Crippen molar-refractivity contribution in [3.05, 3.63) is 59.2 Å². The molecule has 0 radical (unpaired) electrons. The number of amides is 3. The Labute approximate surface area is 203 Å². The van der Waals surface area contributed by atoms with Crippen LogP contribution in [0, 0.1) is 11.8 Å². The monoisotopic (exact) mass is 473 g/mol. The molecule has 0 saturated carbocycles. The average molecular weight is 474 g/mol. The molecule has 4 heterocycles. The first-order valence-corrected chi connectivity index (χ1v) is 12.3. The molecule has 0 aliphatic carbocycles. The van der Waals surface area contributed by atoms with Gasteiger partial charge in [-0.1, -0.05) is 25.1 Å². The molecule has 6 rings (SSSR count). The fourth-order valence-corrected chi connectivity index (χ4v) is 6.80. The zero-order valence-electron chi connectivity index (χ0n) is 19.7. The second-order valence-corrected chi connectivity index (χ2v) is 9.60. The second-order valence-electron chi connectivity index (χ2n) is 9.60. The summed E-state index contributed by atoms with van der Waals surface area (Å²) < 4.78 is 5.03. The number of nitrogens with one attached hydrogen (secondary N) is 1. The maximum Gasteiger partial charge on any atom is 0.338 e. The van der Waals surface area contributed by atoms with Crippen LogP contribution in [-0.4, -0.2) is 47.8 Å². The van der Waals surface area contributed by atoms with Crippen molar-refractivity contribution in [2.45, 2.75) is 44.7 Å². The van der Waals surface area contributed by atoms with Crippen molar-refractivity contribution in [1.29, 1.82) is 0 Å². The molecule has 1 spiro atoms. The number of ether oxygens (including phenoxy) is 1. The van der Waals surface area contributed by atoms with E-state index >= 15 is 0 Å². The van der Waals surface area contributed by atoms with E-state index in [-0.39, 0.29) is 30.4 Å². The Bertz CT molecular complexity index is 1270. The van der Waals surface area contributed by atoms with E-state index in [9.17, 15) is 19.2 Å². The number of carbonyl (C=O) groups excluding carboxylic acids is 4. The largest absolute Gasteiger partial charge is 0.462 e. The van der Waals surface area contributed by atoms with E-state index in [4.69, 9.17) is 4.74 Å². The van der Waals surface area contributed by atoms with Crippen LogP contribution in [0.2, 0.25) is 0 Å². The summed E-state index contributed by atoms with van der Waals surface area (Å²) in [6, 6.07) is 12.0. The fourth-order valence-electron chi connectivity index (χ4n) is 6.80. The topological polar surface area (TPSA) is 96.0 Å². The van der Waals surface area contributed by atoms with Gasteiger partial charge in [0.15, 0.2) is 0 Å². The predicted molar refractivity (Wildman–Crippen MR) is 128 cm³/mol. The predicted octanol–water partition coefficient (Wildman–Crippen LogP) is 2.86. The number of rotatable bonds is 4. The number of nitrogens with zero attached hydrogens (tertiary/aromatic N) is 2. The van der Waals surface area contributed by atoms with Crippen molar-refractivity contribution < 1.29 is 23.9 Å². The number of carbonyl (C=O) groups is 4. The summed E-state index contributed by atoms with van der Waals surface area (Å²) in [5.74, 6) is -2.68. The third kappa shape index (κ3) is 2.71. The Morgan fingerprint density at radius 1 is 1.09 bits per heavy atom. The molecule has 35 heavy (non-hydrogen) atoms. The van der Waals surface area contributed by atoms with Crippen molar-refractivity contribution >= 4 is 35.1 Å². The molecule has 0 bridgehead atoms. The van der Waals surface area contributed by atoms with Gasteiger partial charge in [0.05, 0.1) is 29.7 Å². The van der Waals surface area contributed by atoms with Gasteiger partial charge in [-0.15, -0.1) is 0 Å². The van der Waals surface area contributed by atoms with Crippen molar-refractivity contribution in [3.63, 3.8) is 0 Å². The molecule has 8 nitrogen and oxygen atoms in total. The highest BCUT2D eigenvalue weighted by Gasteiger charge is 2.74. The van der Waals surface area contributed by atoms with Gasteiger partial charge in [0.2, 0.25) is 17.7 Å². The van der Waals surface area contributed by atoms with Crippen molar-refractivity contribution in [2.24, 2.45) is 11.8 Å². The number of fused-ring (bicyclic) bond motifs is 7. The number of esters is 1. The molecule has 0 unspecified atom stereocenters. The number of aryl methyl sites for hydroxylation is 1. The molecule has 4 atom stereocenters. The van der Waals surface area contributed by atoms with Gasteiger partial charge in [-0.05, 0) is 62.6 Å². The van der Waals surface area contributed by atoms with Crippen LogP contribution in [0.25, 0.3) is 0 Å². The number of para-hydroxylation sites is 1. The number of hydrogen-bond donors (Lipinski definition) is 1. The van der Waals surface area contributed by atoms with Crippen LogP contribution in [-0.2, 0) is 31.1 Å². The van der Waals surface area contributed by atoms with Gasteiger partial charge in [-0.2, -0.15) is 0 Å². The lowest BCUT2D eigenvalue weighted by Crippen LogP contribution is -2.54. The summed E-state index contributed by atoms with van der Waals surface area (Å²) in [5, 5.41) is 3.08. The quantitative estimate of drug-likeness (QED) is 0.542. The standard InChI is InChI=1S/C27H27N3O5/c1-3-15-7-5-8-18-22(15)28-26(34)27(18)21-20(19-9-6-14-29(19)27)23(31)30(24(21)32)17-12-10-16(11-13-17)25(33)35-4-2/h5,7-8,10-13,19-21H,3-4,6,9,14H2,1-2H3,(H,28,34)/t19-,20+,21+,27+/m0/s1. The molecule has 4 aliphatic heterocycles. The van der Waals surface area contributed by atoms with Gasteiger partial charge < -0.3 is 10.1 Å². The minimum absolute atomic E-state index is 0.165. The Kier molecular flexibility index (Phi) is 4.86. The Morgan fingerprint density at radius 3 is 2.57 bits per heavy atom. The van der Waals surface area contributed by atoms with Crippen LogP contribution in [0.4, 0.5) is 11.4 Å². The van der Waals surface area contributed by atoms with Crippen molar-refractivity contribution in [3.8, 4) is 0 Å². The fraction of sp³-hybridized carbons (Fsp3) is 0.407. The third-order valence-corrected chi connectivity index (χ3v) is 8.13. The molecule has 3 fully saturated rings. The summed E-state index contributed by atoms with van der Waals surface area (Å²) in [7, 11) is 0.